The average Bonchev–Trinajstić information content (AvgIpc) is 2.99. The Balaban J connectivity index is 2.13. The summed E-state index contributed by atoms with van der Waals surface area (Å²) in [5.74, 6) is 2.86. The van der Waals surface area contributed by atoms with Gasteiger partial charge >= 0.3 is 0 Å². The zero-order valence-electron chi connectivity index (χ0n) is 14.9. The molecule has 4 nitrogen and oxygen atoms in total. The lowest BCUT2D eigenvalue weighted by Gasteiger charge is -2.06. The summed E-state index contributed by atoms with van der Waals surface area (Å²) < 4.78 is 8.52. The fourth-order valence-electron chi connectivity index (χ4n) is 2.74. The first-order valence-electron chi connectivity index (χ1n) is 8.54. The highest BCUT2D eigenvalue weighted by Crippen LogP contribution is 2.21. The number of aromatic nitrogens is 1. The fraction of sp³-hybridized carbons (Fsp3) is 0.238. The number of terminal acetylenes is 1. The predicted molar refractivity (Wildman–Crippen MR) is 106 cm³/mol. The molecule has 0 aliphatic heterocycles. The van der Waals surface area contributed by atoms with E-state index in [9.17, 15) is 4.79 Å². The number of amides is 1. The molecule has 0 radical (unpaired) electrons. The zero-order valence-corrected chi connectivity index (χ0v) is 15.7. The van der Waals surface area contributed by atoms with Gasteiger partial charge in [-0.3, -0.25) is 4.79 Å². The standard InChI is InChI=1S/C21H20N2O2S/c1-4-13-23-17-12-11-15(5-2)14-19(17)26-21(23)22-20(24)16-9-7-8-10-18(16)25-6-3/h1,7-12,14H,5-6,13H2,2-3H3. The molecule has 0 N–H and O–H groups in total. The molecule has 5 heteroatoms. The van der Waals surface area contributed by atoms with Crippen LogP contribution in [0.2, 0.25) is 0 Å². The molecule has 132 valence electrons. The summed E-state index contributed by atoms with van der Waals surface area (Å²) in [6, 6.07) is 13.4. The lowest BCUT2D eigenvalue weighted by molar-refractivity contribution is 0.0994. The molecule has 0 atom stereocenters. The number of carbonyl (C=O) groups is 1. The van der Waals surface area contributed by atoms with E-state index in [1.165, 1.54) is 16.9 Å². The summed E-state index contributed by atoms with van der Waals surface area (Å²) in [5.41, 5.74) is 2.69. The van der Waals surface area contributed by atoms with Gasteiger partial charge in [0.25, 0.3) is 5.91 Å². The second kappa shape index (κ2) is 8.03. The van der Waals surface area contributed by atoms with Crippen molar-refractivity contribution in [3.05, 3.63) is 58.4 Å². The molecular weight excluding hydrogens is 344 g/mol. The number of hydrogen-bond acceptors (Lipinski definition) is 3. The summed E-state index contributed by atoms with van der Waals surface area (Å²) in [7, 11) is 0. The molecule has 3 aromatic rings. The number of rotatable bonds is 5. The highest BCUT2D eigenvalue weighted by atomic mass is 32.1. The van der Waals surface area contributed by atoms with Crippen molar-refractivity contribution in [2.45, 2.75) is 26.8 Å². The number of aryl methyl sites for hydroxylation is 1. The quantitative estimate of drug-likeness (QED) is 0.641. The largest absolute Gasteiger partial charge is 0.493 e. The molecule has 0 saturated carbocycles. The number of hydrogen-bond donors (Lipinski definition) is 0. The minimum atomic E-state index is -0.331. The first-order chi connectivity index (χ1) is 12.7. The van der Waals surface area contributed by atoms with Gasteiger partial charge in [-0.25, -0.2) is 0 Å². The van der Waals surface area contributed by atoms with E-state index >= 15 is 0 Å². The van der Waals surface area contributed by atoms with Crippen LogP contribution in [0.5, 0.6) is 5.75 Å². The van der Waals surface area contributed by atoms with Crippen molar-refractivity contribution in [1.29, 1.82) is 0 Å². The van der Waals surface area contributed by atoms with Gasteiger partial charge in [0.05, 0.1) is 28.9 Å². The van der Waals surface area contributed by atoms with Gasteiger partial charge in [0, 0.05) is 0 Å². The minimum absolute atomic E-state index is 0.331. The van der Waals surface area contributed by atoms with E-state index < -0.39 is 0 Å². The number of thiazole rings is 1. The predicted octanol–water partition coefficient (Wildman–Crippen LogP) is 4.04. The molecule has 0 aliphatic rings. The van der Waals surface area contributed by atoms with Crippen LogP contribution in [0.1, 0.15) is 29.8 Å². The van der Waals surface area contributed by atoms with Crippen LogP contribution in [0.3, 0.4) is 0 Å². The number of benzene rings is 2. The van der Waals surface area contributed by atoms with Crippen LogP contribution in [0.25, 0.3) is 10.2 Å². The van der Waals surface area contributed by atoms with Crippen molar-refractivity contribution >= 4 is 27.5 Å². The van der Waals surface area contributed by atoms with Gasteiger partial charge in [-0.1, -0.05) is 42.4 Å². The molecule has 0 saturated heterocycles. The molecule has 1 aromatic heterocycles. The molecular formula is C21H20N2O2S. The van der Waals surface area contributed by atoms with Gasteiger partial charge in [-0.15, -0.1) is 6.42 Å². The molecule has 1 heterocycles. The smallest absolute Gasteiger partial charge is 0.283 e. The maximum Gasteiger partial charge on any atom is 0.283 e. The lowest BCUT2D eigenvalue weighted by atomic mass is 10.2. The van der Waals surface area contributed by atoms with E-state index in [0.29, 0.717) is 29.3 Å². The maximum absolute atomic E-state index is 12.8. The van der Waals surface area contributed by atoms with Gasteiger partial charge in [-0.05, 0) is 43.2 Å². The Morgan fingerprint density at radius 2 is 2.08 bits per heavy atom. The van der Waals surface area contributed by atoms with Crippen LogP contribution < -0.4 is 9.54 Å². The van der Waals surface area contributed by atoms with Gasteiger partial charge in [0.1, 0.15) is 5.75 Å². The van der Waals surface area contributed by atoms with E-state index in [-0.39, 0.29) is 5.91 Å². The van der Waals surface area contributed by atoms with Crippen molar-refractivity contribution in [1.82, 2.24) is 4.57 Å². The average molecular weight is 364 g/mol. The van der Waals surface area contributed by atoms with Crippen molar-refractivity contribution in [2.75, 3.05) is 6.61 Å². The van der Waals surface area contributed by atoms with E-state index in [2.05, 4.69) is 30.0 Å². The summed E-state index contributed by atoms with van der Waals surface area (Å²) in [5, 5.41) is 0. The molecule has 0 aliphatic carbocycles. The fourth-order valence-corrected chi connectivity index (χ4v) is 3.83. The normalized spacial score (nSPS) is 11.5. The van der Waals surface area contributed by atoms with Crippen molar-refractivity contribution < 1.29 is 9.53 Å². The Morgan fingerprint density at radius 1 is 1.27 bits per heavy atom. The van der Waals surface area contributed by atoms with Crippen LogP contribution in [0, 0.1) is 12.3 Å². The molecule has 3 rings (SSSR count). The Hall–Kier alpha value is -2.84. The number of carbonyl (C=O) groups excluding carboxylic acids is 1. The van der Waals surface area contributed by atoms with E-state index in [4.69, 9.17) is 11.2 Å². The van der Waals surface area contributed by atoms with Gasteiger partial charge < -0.3 is 9.30 Å². The highest BCUT2D eigenvalue weighted by molar-refractivity contribution is 7.16. The molecule has 26 heavy (non-hydrogen) atoms. The van der Waals surface area contributed by atoms with Crippen molar-refractivity contribution in [3.63, 3.8) is 0 Å². The van der Waals surface area contributed by atoms with Gasteiger partial charge in [0.15, 0.2) is 4.80 Å². The minimum Gasteiger partial charge on any atom is -0.493 e. The molecule has 0 fully saturated rings. The number of para-hydroxylation sites is 1. The third-order valence-electron chi connectivity index (χ3n) is 4.02. The van der Waals surface area contributed by atoms with Gasteiger partial charge in [-0.2, -0.15) is 4.99 Å². The lowest BCUT2D eigenvalue weighted by Crippen LogP contribution is -2.16. The first-order valence-corrected chi connectivity index (χ1v) is 9.36. The maximum atomic E-state index is 12.8. The molecule has 0 spiro atoms. The second-order valence-electron chi connectivity index (χ2n) is 5.68. The van der Waals surface area contributed by atoms with Crippen molar-refractivity contribution in [2.24, 2.45) is 4.99 Å². The van der Waals surface area contributed by atoms with Crippen LogP contribution in [0.15, 0.2) is 47.5 Å². The van der Waals surface area contributed by atoms with Crippen LogP contribution in [-0.2, 0) is 13.0 Å². The number of ether oxygens (including phenoxy) is 1. The Bertz CT molecular complexity index is 1050. The summed E-state index contributed by atoms with van der Waals surface area (Å²) in [6.07, 6.45) is 6.48. The van der Waals surface area contributed by atoms with E-state index in [1.54, 1.807) is 18.2 Å². The summed E-state index contributed by atoms with van der Waals surface area (Å²) in [4.78, 5) is 17.7. The van der Waals surface area contributed by atoms with Crippen LogP contribution in [0.4, 0.5) is 0 Å². The first kappa shape index (κ1) is 18.0. The SMILES string of the molecule is C#CCn1c(=NC(=O)c2ccccc2OCC)sc2cc(CC)ccc21. The number of fused-ring (bicyclic) bond motifs is 1. The van der Waals surface area contributed by atoms with Crippen LogP contribution in [-0.4, -0.2) is 17.1 Å². The van der Waals surface area contributed by atoms with Crippen molar-refractivity contribution in [3.8, 4) is 18.1 Å². The zero-order chi connectivity index (χ0) is 18.5. The van der Waals surface area contributed by atoms with E-state index in [1.807, 2.05) is 23.6 Å². The summed E-state index contributed by atoms with van der Waals surface area (Å²) in [6.45, 7) is 4.86. The Labute approximate surface area is 156 Å². The number of nitrogens with zero attached hydrogens (tertiary/aromatic N) is 2. The Morgan fingerprint density at radius 3 is 2.81 bits per heavy atom. The molecule has 1 amide bonds. The molecule has 0 unspecified atom stereocenters. The van der Waals surface area contributed by atoms with E-state index in [0.717, 1.165) is 16.6 Å². The van der Waals surface area contributed by atoms with Gasteiger partial charge in [0.2, 0.25) is 0 Å². The third kappa shape index (κ3) is 3.56. The second-order valence-corrected chi connectivity index (χ2v) is 6.69. The summed E-state index contributed by atoms with van der Waals surface area (Å²) >= 11 is 1.47. The van der Waals surface area contributed by atoms with Crippen LogP contribution >= 0.6 is 11.3 Å². The Kier molecular flexibility index (Phi) is 5.55. The molecule has 0 bridgehead atoms. The monoisotopic (exact) mass is 364 g/mol. The highest BCUT2D eigenvalue weighted by Gasteiger charge is 2.13. The third-order valence-corrected chi connectivity index (χ3v) is 5.06. The molecule has 2 aromatic carbocycles. The topological polar surface area (TPSA) is 43.6 Å².